The fourth-order valence-electron chi connectivity index (χ4n) is 2.99. The highest BCUT2D eigenvalue weighted by molar-refractivity contribution is 7.88. The van der Waals surface area contributed by atoms with Crippen LogP contribution in [-0.2, 0) is 20.6 Å². The van der Waals surface area contributed by atoms with E-state index >= 15 is 0 Å². The molecule has 1 aliphatic heterocycles. The fourth-order valence-corrected chi connectivity index (χ4v) is 4.73. The topological polar surface area (TPSA) is 57.7 Å². The number of rotatable bonds is 5. The van der Waals surface area contributed by atoms with Gasteiger partial charge in [-0.25, -0.2) is 12.8 Å². The highest BCUT2D eigenvalue weighted by atomic mass is 35.5. The lowest BCUT2D eigenvalue weighted by Crippen LogP contribution is -2.50. The first-order valence-corrected chi connectivity index (χ1v) is 10.8. The molecule has 1 fully saturated rings. The van der Waals surface area contributed by atoms with Crippen LogP contribution >= 0.6 is 11.6 Å². The van der Waals surface area contributed by atoms with Crippen molar-refractivity contribution in [2.24, 2.45) is 0 Å². The van der Waals surface area contributed by atoms with E-state index in [-0.39, 0.29) is 48.4 Å². The molecule has 28 heavy (non-hydrogen) atoms. The van der Waals surface area contributed by atoms with Gasteiger partial charge in [0.05, 0.1) is 10.8 Å². The van der Waals surface area contributed by atoms with Crippen LogP contribution < -0.4 is 0 Å². The van der Waals surface area contributed by atoms with Gasteiger partial charge in [0, 0.05) is 37.8 Å². The van der Waals surface area contributed by atoms with Crippen molar-refractivity contribution in [3.8, 4) is 0 Å². The van der Waals surface area contributed by atoms with Gasteiger partial charge in [-0.2, -0.15) is 4.31 Å². The third kappa shape index (κ3) is 4.98. The Bertz CT molecular complexity index is 952. The van der Waals surface area contributed by atoms with E-state index in [1.165, 1.54) is 28.6 Å². The summed E-state index contributed by atoms with van der Waals surface area (Å²) >= 11 is 5.95. The first-order valence-electron chi connectivity index (χ1n) is 8.79. The summed E-state index contributed by atoms with van der Waals surface area (Å²) in [5.74, 6) is -0.874. The molecule has 0 atom stereocenters. The second-order valence-electron chi connectivity index (χ2n) is 6.43. The van der Waals surface area contributed by atoms with Gasteiger partial charge in [0.1, 0.15) is 5.82 Å². The van der Waals surface area contributed by atoms with Crippen LogP contribution in [0.2, 0.25) is 5.02 Å². The third-order valence-electron chi connectivity index (χ3n) is 4.53. The van der Waals surface area contributed by atoms with E-state index in [0.717, 1.165) is 5.56 Å². The predicted molar refractivity (Wildman–Crippen MR) is 108 cm³/mol. The molecule has 0 unspecified atom stereocenters. The summed E-state index contributed by atoms with van der Waals surface area (Å²) in [6.07, 6.45) is 2.61. The van der Waals surface area contributed by atoms with Crippen LogP contribution in [0, 0.1) is 5.82 Å². The van der Waals surface area contributed by atoms with Crippen molar-refractivity contribution < 1.29 is 17.6 Å². The van der Waals surface area contributed by atoms with E-state index in [4.69, 9.17) is 11.6 Å². The number of carbonyl (C=O) groups excluding carboxylic acids is 1. The number of amides is 1. The summed E-state index contributed by atoms with van der Waals surface area (Å²) in [6.45, 7) is 1.02. The molecular formula is C20H20ClFN2O3S. The Hall–Kier alpha value is -2.22. The standard InChI is InChI=1S/C20H20ClFN2O3S/c21-18-7-4-8-19(22)17(18)9-10-20(25)23-11-13-24(14-12-23)28(26,27)15-16-5-2-1-3-6-16/h1-10H,11-15H2. The van der Waals surface area contributed by atoms with Crippen molar-refractivity contribution in [2.75, 3.05) is 26.2 Å². The fraction of sp³-hybridized carbons (Fsp3) is 0.250. The number of carbonyl (C=O) groups is 1. The van der Waals surface area contributed by atoms with Gasteiger partial charge >= 0.3 is 0 Å². The lowest BCUT2D eigenvalue weighted by atomic mass is 10.2. The third-order valence-corrected chi connectivity index (χ3v) is 6.71. The number of nitrogens with zero attached hydrogens (tertiary/aromatic N) is 2. The molecule has 5 nitrogen and oxygen atoms in total. The number of hydrogen-bond donors (Lipinski definition) is 0. The number of piperazine rings is 1. The Kier molecular flexibility index (Phi) is 6.49. The molecule has 8 heteroatoms. The Morgan fingerprint density at radius 2 is 1.71 bits per heavy atom. The summed E-state index contributed by atoms with van der Waals surface area (Å²) in [4.78, 5) is 13.9. The minimum atomic E-state index is -3.44. The van der Waals surface area contributed by atoms with Crippen molar-refractivity contribution in [1.29, 1.82) is 0 Å². The Labute approximate surface area is 169 Å². The van der Waals surface area contributed by atoms with E-state index in [2.05, 4.69) is 0 Å². The van der Waals surface area contributed by atoms with E-state index < -0.39 is 15.8 Å². The molecule has 0 N–H and O–H groups in total. The molecule has 0 aliphatic carbocycles. The molecule has 1 saturated heterocycles. The minimum Gasteiger partial charge on any atom is -0.337 e. The summed E-state index contributed by atoms with van der Waals surface area (Å²) in [6, 6.07) is 13.3. The van der Waals surface area contributed by atoms with E-state index in [1.807, 2.05) is 6.07 Å². The van der Waals surface area contributed by atoms with Crippen LogP contribution in [0.1, 0.15) is 11.1 Å². The molecule has 0 spiro atoms. The van der Waals surface area contributed by atoms with Gasteiger partial charge in [0.25, 0.3) is 0 Å². The molecule has 0 radical (unpaired) electrons. The Balaban J connectivity index is 1.59. The second kappa shape index (κ2) is 8.86. The number of benzene rings is 2. The summed E-state index contributed by atoms with van der Waals surface area (Å²) in [5.41, 5.74) is 0.882. The summed E-state index contributed by atoms with van der Waals surface area (Å²) < 4.78 is 40.3. The molecule has 0 bridgehead atoms. The van der Waals surface area contributed by atoms with Gasteiger partial charge in [0.2, 0.25) is 15.9 Å². The van der Waals surface area contributed by atoms with Gasteiger partial charge in [-0.1, -0.05) is 48.0 Å². The van der Waals surface area contributed by atoms with E-state index in [9.17, 15) is 17.6 Å². The van der Waals surface area contributed by atoms with Crippen LogP contribution in [-0.4, -0.2) is 49.7 Å². The minimum absolute atomic E-state index is 0.0620. The molecular weight excluding hydrogens is 403 g/mol. The van der Waals surface area contributed by atoms with Gasteiger partial charge in [0.15, 0.2) is 0 Å². The molecule has 3 rings (SSSR count). The zero-order valence-corrected chi connectivity index (χ0v) is 16.7. The van der Waals surface area contributed by atoms with Crippen molar-refractivity contribution in [1.82, 2.24) is 9.21 Å². The largest absolute Gasteiger partial charge is 0.337 e. The van der Waals surface area contributed by atoms with E-state index in [0.29, 0.717) is 0 Å². The molecule has 1 amide bonds. The van der Waals surface area contributed by atoms with Crippen LogP contribution in [0.5, 0.6) is 0 Å². The maximum atomic E-state index is 13.8. The number of hydrogen-bond acceptors (Lipinski definition) is 3. The van der Waals surface area contributed by atoms with Crippen LogP contribution in [0.4, 0.5) is 4.39 Å². The molecule has 2 aromatic carbocycles. The quantitative estimate of drug-likeness (QED) is 0.695. The maximum absolute atomic E-state index is 13.8. The highest BCUT2D eigenvalue weighted by Crippen LogP contribution is 2.20. The van der Waals surface area contributed by atoms with Gasteiger partial charge in [-0.05, 0) is 23.8 Å². The molecule has 0 aromatic heterocycles. The predicted octanol–water partition coefficient (Wildman–Crippen LogP) is 3.17. The lowest BCUT2D eigenvalue weighted by Gasteiger charge is -2.33. The van der Waals surface area contributed by atoms with Crippen molar-refractivity contribution in [3.63, 3.8) is 0 Å². The summed E-state index contributed by atoms with van der Waals surface area (Å²) in [5, 5.41) is 0.223. The zero-order chi connectivity index (χ0) is 20.1. The SMILES string of the molecule is O=C(C=Cc1c(F)cccc1Cl)N1CCN(S(=O)(=O)Cc2ccccc2)CC1. The molecule has 1 aliphatic rings. The van der Waals surface area contributed by atoms with Gasteiger partial charge in [-0.3, -0.25) is 4.79 Å². The molecule has 2 aromatic rings. The number of sulfonamides is 1. The molecule has 1 heterocycles. The van der Waals surface area contributed by atoms with Gasteiger partial charge in [-0.15, -0.1) is 0 Å². The van der Waals surface area contributed by atoms with Crippen molar-refractivity contribution >= 4 is 33.6 Å². The maximum Gasteiger partial charge on any atom is 0.246 e. The van der Waals surface area contributed by atoms with Crippen LogP contribution in [0.3, 0.4) is 0 Å². The normalized spacial score (nSPS) is 15.9. The lowest BCUT2D eigenvalue weighted by molar-refractivity contribution is -0.127. The van der Waals surface area contributed by atoms with Gasteiger partial charge < -0.3 is 4.90 Å². The first-order chi connectivity index (χ1) is 13.4. The van der Waals surface area contributed by atoms with E-state index in [1.54, 1.807) is 35.2 Å². The smallest absolute Gasteiger partial charge is 0.246 e. The molecule has 148 valence electrons. The van der Waals surface area contributed by atoms with Crippen LogP contribution in [0.15, 0.2) is 54.6 Å². The monoisotopic (exact) mass is 422 g/mol. The summed E-state index contributed by atoms with van der Waals surface area (Å²) in [7, 11) is -3.44. The zero-order valence-electron chi connectivity index (χ0n) is 15.1. The van der Waals surface area contributed by atoms with Crippen molar-refractivity contribution in [2.45, 2.75) is 5.75 Å². The average molecular weight is 423 g/mol. The molecule has 0 saturated carbocycles. The second-order valence-corrected chi connectivity index (χ2v) is 8.81. The Morgan fingerprint density at radius 3 is 2.36 bits per heavy atom. The van der Waals surface area contributed by atoms with Crippen LogP contribution in [0.25, 0.3) is 6.08 Å². The Morgan fingerprint density at radius 1 is 1.04 bits per heavy atom. The average Bonchev–Trinajstić information content (AvgIpc) is 2.68. The van der Waals surface area contributed by atoms with Crippen molar-refractivity contribution in [3.05, 3.63) is 76.6 Å². The number of halogens is 2. The first kappa shape index (κ1) is 20.5. The highest BCUT2D eigenvalue weighted by Gasteiger charge is 2.28.